The van der Waals surface area contributed by atoms with Crippen molar-refractivity contribution in [3.8, 4) is 0 Å². The first-order valence-corrected chi connectivity index (χ1v) is 6.88. The summed E-state index contributed by atoms with van der Waals surface area (Å²) >= 11 is 5.76. The molecular formula is C14H11ClFN3O5. The van der Waals surface area contributed by atoms with E-state index in [4.69, 9.17) is 16.3 Å². The number of carbonyl (C=O) groups excluding carboxylic acids is 2. The number of rotatable bonds is 5. The average molecular weight is 356 g/mol. The Kier molecular flexibility index (Phi) is 5.14. The van der Waals surface area contributed by atoms with Crippen LogP contribution in [0.5, 0.6) is 0 Å². The minimum absolute atomic E-state index is 0.00673. The van der Waals surface area contributed by atoms with Crippen LogP contribution < -0.4 is 5.32 Å². The van der Waals surface area contributed by atoms with Gasteiger partial charge in [0.25, 0.3) is 11.6 Å². The van der Waals surface area contributed by atoms with Crippen LogP contribution in [0.2, 0.25) is 5.02 Å². The smallest absolute Gasteiger partial charge is 0.355 e. The Morgan fingerprint density at radius 2 is 2.12 bits per heavy atom. The number of carbonyl (C=O) groups is 2. The number of aryl methyl sites for hydroxylation is 1. The van der Waals surface area contributed by atoms with Gasteiger partial charge in [-0.05, 0) is 18.2 Å². The van der Waals surface area contributed by atoms with Gasteiger partial charge in [-0.3, -0.25) is 14.9 Å². The Morgan fingerprint density at radius 3 is 2.71 bits per heavy atom. The number of nitro groups is 1. The number of anilines is 1. The molecule has 0 fully saturated rings. The maximum Gasteiger partial charge on any atom is 0.355 e. The minimum Gasteiger partial charge on any atom is -0.451 e. The molecule has 1 N–H and O–H groups in total. The SMILES string of the molecule is Cn1cc([N+](=O)[O-])cc1C(=O)OCC(=O)Nc1ccc(F)cc1Cl. The number of benzene rings is 1. The zero-order chi connectivity index (χ0) is 17.9. The fourth-order valence-corrected chi connectivity index (χ4v) is 2.05. The number of nitrogens with one attached hydrogen (secondary N) is 1. The van der Waals surface area contributed by atoms with Crippen molar-refractivity contribution in [2.75, 3.05) is 11.9 Å². The van der Waals surface area contributed by atoms with E-state index in [1.54, 1.807) is 0 Å². The summed E-state index contributed by atoms with van der Waals surface area (Å²) in [6.07, 6.45) is 1.15. The number of hydrogen-bond donors (Lipinski definition) is 1. The van der Waals surface area contributed by atoms with Gasteiger partial charge in [0, 0.05) is 13.1 Å². The lowest BCUT2D eigenvalue weighted by atomic mass is 10.3. The maximum atomic E-state index is 12.9. The van der Waals surface area contributed by atoms with Gasteiger partial charge < -0.3 is 14.6 Å². The Balaban J connectivity index is 1.96. The zero-order valence-electron chi connectivity index (χ0n) is 12.3. The first kappa shape index (κ1) is 17.4. The second kappa shape index (κ2) is 7.09. The molecule has 0 saturated carbocycles. The highest BCUT2D eigenvalue weighted by Crippen LogP contribution is 2.22. The minimum atomic E-state index is -0.897. The van der Waals surface area contributed by atoms with Crippen LogP contribution >= 0.6 is 11.6 Å². The third-order valence-corrected chi connectivity index (χ3v) is 3.26. The van der Waals surface area contributed by atoms with Gasteiger partial charge >= 0.3 is 5.97 Å². The third-order valence-electron chi connectivity index (χ3n) is 2.95. The van der Waals surface area contributed by atoms with Crippen LogP contribution in [0.4, 0.5) is 15.8 Å². The average Bonchev–Trinajstić information content (AvgIpc) is 2.90. The van der Waals surface area contributed by atoms with E-state index in [1.807, 2.05) is 0 Å². The Morgan fingerprint density at radius 1 is 1.42 bits per heavy atom. The number of nitrogens with zero attached hydrogens (tertiary/aromatic N) is 2. The van der Waals surface area contributed by atoms with Crippen molar-refractivity contribution in [3.05, 3.63) is 57.1 Å². The standard InChI is InChI=1S/C14H11ClFN3O5/c1-18-6-9(19(22)23)5-12(18)14(21)24-7-13(20)17-11-3-2-8(16)4-10(11)15/h2-6H,7H2,1H3,(H,17,20). The molecule has 0 bridgehead atoms. The molecular weight excluding hydrogens is 345 g/mol. The second-order valence-electron chi connectivity index (χ2n) is 4.70. The van der Waals surface area contributed by atoms with Crippen molar-refractivity contribution in [2.24, 2.45) is 7.05 Å². The summed E-state index contributed by atoms with van der Waals surface area (Å²) < 4.78 is 18.9. The molecule has 1 aromatic carbocycles. The normalized spacial score (nSPS) is 10.3. The van der Waals surface area contributed by atoms with Crippen molar-refractivity contribution in [2.45, 2.75) is 0 Å². The molecule has 0 radical (unpaired) electrons. The van der Waals surface area contributed by atoms with E-state index in [0.29, 0.717) is 0 Å². The van der Waals surface area contributed by atoms with Crippen molar-refractivity contribution in [3.63, 3.8) is 0 Å². The van der Waals surface area contributed by atoms with Gasteiger partial charge in [-0.15, -0.1) is 0 Å². The molecule has 1 amide bonds. The number of esters is 1. The summed E-state index contributed by atoms with van der Waals surface area (Å²) in [6, 6.07) is 4.43. The number of aromatic nitrogens is 1. The van der Waals surface area contributed by atoms with E-state index in [-0.39, 0.29) is 22.1 Å². The summed E-state index contributed by atoms with van der Waals surface area (Å²) in [4.78, 5) is 33.6. The van der Waals surface area contributed by atoms with Gasteiger partial charge in [0.1, 0.15) is 11.5 Å². The second-order valence-corrected chi connectivity index (χ2v) is 5.11. The molecule has 0 aliphatic heterocycles. The molecule has 8 nitrogen and oxygen atoms in total. The first-order chi connectivity index (χ1) is 11.3. The molecule has 24 heavy (non-hydrogen) atoms. The van der Waals surface area contributed by atoms with Crippen LogP contribution in [0, 0.1) is 15.9 Å². The van der Waals surface area contributed by atoms with E-state index in [2.05, 4.69) is 5.32 Å². The molecule has 1 heterocycles. The number of hydrogen-bond acceptors (Lipinski definition) is 5. The maximum absolute atomic E-state index is 12.9. The molecule has 0 unspecified atom stereocenters. The molecule has 10 heteroatoms. The predicted molar refractivity (Wildman–Crippen MR) is 82.4 cm³/mol. The van der Waals surface area contributed by atoms with Crippen LogP contribution in [0.15, 0.2) is 30.5 Å². The highest BCUT2D eigenvalue weighted by Gasteiger charge is 2.19. The van der Waals surface area contributed by atoms with Crippen molar-refractivity contribution < 1.29 is 23.6 Å². The highest BCUT2D eigenvalue weighted by molar-refractivity contribution is 6.33. The van der Waals surface area contributed by atoms with E-state index in [0.717, 1.165) is 24.4 Å². The van der Waals surface area contributed by atoms with Crippen LogP contribution in [-0.2, 0) is 16.6 Å². The van der Waals surface area contributed by atoms with E-state index >= 15 is 0 Å². The number of ether oxygens (including phenoxy) is 1. The Bertz CT molecular complexity index is 821. The molecule has 0 aliphatic rings. The van der Waals surface area contributed by atoms with Gasteiger partial charge in [0.15, 0.2) is 6.61 Å². The van der Waals surface area contributed by atoms with Crippen molar-refractivity contribution in [1.82, 2.24) is 4.57 Å². The summed E-state index contributed by atoms with van der Waals surface area (Å²) in [5.74, 6) is -2.15. The number of halogens is 2. The monoisotopic (exact) mass is 355 g/mol. The largest absolute Gasteiger partial charge is 0.451 e. The van der Waals surface area contributed by atoms with Crippen LogP contribution in [-0.4, -0.2) is 28.0 Å². The lowest BCUT2D eigenvalue weighted by Gasteiger charge is -2.08. The lowest BCUT2D eigenvalue weighted by molar-refractivity contribution is -0.384. The summed E-state index contributed by atoms with van der Waals surface area (Å²) in [6.45, 7) is -0.633. The van der Waals surface area contributed by atoms with Gasteiger partial charge in [-0.1, -0.05) is 11.6 Å². The van der Waals surface area contributed by atoms with Crippen LogP contribution in [0.3, 0.4) is 0 Å². The molecule has 0 saturated heterocycles. The van der Waals surface area contributed by atoms with Crippen LogP contribution in [0.25, 0.3) is 0 Å². The van der Waals surface area contributed by atoms with Crippen molar-refractivity contribution in [1.29, 1.82) is 0 Å². The third kappa shape index (κ3) is 4.07. The molecule has 1 aromatic heterocycles. The first-order valence-electron chi connectivity index (χ1n) is 6.50. The molecule has 0 spiro atoms. The van der Waals surface area contributed by atoms with Gasteiger partial charge in [-0.25, -0.2) is 9.18 Å². The van der Waals surface area contributed by atoms with Crippen molar-refractivity contribution >= 4 is 34.9 Å². The summed E-state index contributed by atoms with van der Waals surface area (Å²) in [7, 11) is 1.43. The molecule has 2 aromatic rings. The van der Waals surface area contributed by atoms with Crippen LogP contribution in [0.1, 0.15) is 10.5 Å². The Hall–Kier alpha value is -2.94. The van der Waals surface area contributed by atoms with Gasteiger partial charge in [0.2, 0.25) is 0 Å². The molecule has 126 valence electrons. The molecule has 0 atom stereocenters. The number of amides is 1. The fraction of sp³-hybridized carbons (Fsp3) is 0.143. The topological polar surface area (TPSA) is 103 Å². The quantitative estimate of drug-likeness (QED) is 0.504. The predicted octanol–water partition coefficient (Wildman–Crippen LogP) is 2.52. The highest BCUT2D eigenvalue weighted by atomic mass is 35.5. The Labute approximate surface area is 139 Å². The van der Waals surface area contributed by atoms with Gasteiger partial charge in [0.05, 0.1) is 21.8 Å². The zero-order valence-corrected chi connectivity index (χ0v) is 13.0. The van der Waals surface area contributed by atoms with Gasteiger partial charge in [-0.2, -0.15) is 0 Å². The van der Waals surface area contributed by atoms with E-state index in [1.165, 1.54) is 17.7 Å². The molecule has 0 aliphatic carbocycles. The lowest BCUT2D eigenvalue weighted by Crippen LogP contribution is -2.22. The molecule has 2 rings (SSSR count). The summed E-state index contributed by atoms with van der Waals surface area (Å²) in [5, 5.41) is 13.0. The fourth-order valence-electron chi connectivity index (χ4n) is 1.83. The van der Waals surface area contributed by atoms with E-state index in [9.17, 15) is 24.1 Å². The van der Waals surface area contributed by atoms with E-state index < -0.39 is 29.2 Å². The summed E-state index contributed by atoms with van der Waals surface area (Å²) in [5.41, 5.74) is -0.185.